The molecule has 26 heavy (non-hydrogen) atoms. The maximum Gasteiger partial charge on any atom is 0.251 e. The number of hydrogen-bond donors (Lipinski definition) is 2. The molecule has 0 spiro atoms. The van der Waals surface area contributed by atoms with Crippen LogP contribution in [-0.4, -0.2) is 30.1 Å². The molecule has 1 aromatic heterocycles. The van der Waals surface area contributed by atoms with Crippen LogP contribution in [0, 0.1) is 0 Å². The molecule has 0 saturated carbocycles. The van der Waals surface area contributed by atoms with Gasteiger partial charge in [0.25, 0.3) is 5.91 Å². The van der Waals surface area contributed by atoms with Crippen molar-refractivity contribution in [1.29, 1.82) is 0 Å². The Morgan fingerprint density at radius 3 is 2.58 bits per heavy atom. The lowest BCUT2D eigenvalue weighted by atomic mass is 10.1. The summed E-state index contributed by atoms with van der Waals surface area (Å²) in [4.78, 5) is 16.3. The van der Waals surface area contributed by atoms with Gasteiger partial charge in [-0.15, -0.1) is 0 Å². The number of amides is 1. The number of aromatic nitrogens is 2. The summed E-state index contributed by atoms with van der Waals surface area (Å²) in [6.45, 7) is 0.368. The normalized spacial score (nSPS) is 11.1. The van der Waals surface area contributed by atoms with Gasteiger partial charge in [0.15, 0.2) is 0 Å². The smallest absolute Gasteiger partial charge is 0.251 e. The molecule has 0 aliphatic carbocycles. The van der Waals surface area contributed by atoms with Gasteiger partial charge < -0.3 is 9.88 Å². The van der Waals surface area contributed by atoms with Crippen molar-refractivity contribution >= 4 is 21.6 Å². The topological polar surface area (TPSA) is 93.1 Å². The zero-order chi connectivity index (χ0) is 18.6. The van der Waals surface area contributed by atoms with E-state index in [0.717, 1.165) is 17.5 Å². The SMILES string of the molecule is CS(=O)(=O)Nc1cccc(C(=O)NCc2ccc(-n3ccnc3)cc2)c1. The molecule has 3 aromatic rings. The van der Waals surface area contributed by atoms with Gasteiger partial charge in [-0.3, -0.25) is 9.52 Å². The minimum absolute atomic E-state index is 0.277. The number of imidazole rings is 1. The fourth-order valence-electron chi connectivity index (χ4n) is 2.42. The van der Waals surface area contributed by atoms with Crippen molar-refractivity contribution in [2.24, 2.45) is 0 Å². The maximum atomic E-state index is 12.3. The molecule has 0 aliphatic rings. The van der Waals surface area contributed by atoms with E-state index in [0.29, 0.717) is 17.8 Å². The summed E-state index contributed by atoms with van der Waals surface area (Å²) in [6, 6.07) is 14.1. The van der Waals surface area contributed by atoms with Crippen LogP contribution in [0.25, 0.3) is 5.69 Å². The molecular weight excluding hydrogens is 352 g/mol. The van der Waals surface area contributed by atoms with Gasteiger partial charge in [0.05, 0.1) is 12.6 Å². The zero-order valence-electron chi connectivity index (χ0n) is 14.1. The Bertz CT molecular complexity index is 997. The largest absolute Gasteiger partial charge is 0.348 e. The van der Waals surface area contributed by atoms with E-state index in [2.05, 4.69) is 15.0 Å². The number of benzene rings is 2. The summed E-state index contributed by atoms with van der Waals surface area (Å²) in [6.07, 6.45) is 6.34. The highest BCUT2D eigenvalue weighted by molar-refractivity contribution is 7.92. The van der Waals surface area contributed by atoms with Gasteiger partial charge in [-0.05, 0) is 35.9 Å². The van der Waals surface area contributed by atoms with E-state index in [4.69, 9.17) is 0 Å². The zero-order valence-corrected chi connectivity index (χ0v) is 14.9. The van der Waals surface area contributed by atoms with Crippen LogP contribution in [0.3, 0.4) is 0 Å². The molecule has 0 radical (unpaired) electrons. The molecule has 0 atom stereocenters. The third kappa shape index (κ3) is 4.70. The summed E-state index contributed by atoms with van der Waals surface area (Å²) in [5, 5.41) is 2.82. The molecule has 2 N–H and O–H groups in total. The number of carbonyl (C=O) groups excluding carboxylic acids is 1. The summed E-state index contributed by atoms with van der Waals surface area (Å²) in [7, 11) is -3.39. The first-order valence-corrected chi connectivity index (χ1v) is 9.73. The molecule has 1 heterocycles. The number of nitrogens with zero attached hydrogens (tertiary/aromatic N) is 2. The summed E-state index contributed by atoms with van der Waals surface area (Å²) >= 11 is 0. The van der Waals surface area contributed by atoms with Crippen LogP contribution >= 0.6 is 0 Å². The van der Waals surface area contributed by atoms with Crippen LogP contribution in [0.5, 0.6) is 0 Å². The number of hydrogen-bond acceptors (Lipinski definition) is 4. The molecule has 0 saturated heterocycles. The van der Waals surface area contributed by atoms with Gasteiger partial charge in [0.2, 0.25) is 10.0 Å². The van der Waals surface area contributed by atoms with Gasteiger partial charge >= 0.3 is 0 Å². The monoisotopic (exact) mass is 370 g/mol. The van der Waals surface area contributed by atoms with Gasteiger partial charge in [-0.25, -0.2) is 13.4 Å². The van der Waals surface area contributed by atoms with Crippen molar-refractivity contribution in [3.05, 3.63) is 78.4 Å². The highest BCUT2D eigenvalue weighted by atomic mass is 32.2. The maximum absolute atomic E-state index is 12.3. The number of rotatable bonds is 6. The molecule has 0 aliphatic heterocycles. The van der Waals surface area contributed by atoms with E-state index >= 15 is 0 Å². The highest BCUT2D eigenvalue weighted by Crippen LogP contribution is 2.13. The minimum Gasteiger partial charge on any atom is -0.348 e. The standard InChI is InChI=1S/C18H18N4O3S/c1-26(24,25)21-16-4-2-3-15(11-16)18(23)20-12-14-5-7-17(8-6-14)22-10-9-19-13-22/h2-11,13,21H,12H2,1H3,(H,20,23). The molecule has 134 valence electrons. The second-order valence-electron chi connectivity index (χ2n) is 5.77. The molecule has 0 fully saturated rings. The number of carbonyl (C=O) groups is 1. The Hall–Kier alpha value is -3.13. The average Bonchev–Trinajstić information content (AvgIpc) is 3.13. The van der Waals surface area contributed by atoms with Crippen molar-refractivity contribution in [3.8, 4) is 5.69 Å². The van der Waals surface area contributed by atoms with Crippen LogP contribution < -0.4 is 10.0 Å². The predicted octanol–water partition coefficient (Wildman–Crippen LogP) is 2.17. The van der Waals surface area contributed by atoms with Crippen LogP contribution in [0.1, 0.15) is 15.9 Å². The Balaban J connectivity index is 1.63. The van der Waals surface area contributed by atoms with Crippen LogP contribution in [0.4, 0.5) is 5.69 Å². The van der Waals surface area contributed by atoms with Crippen molar-refractivity contribution in [1.82, 2.24) is 14.9 Å². The lowest BCUT2D eigenvalue weighted by Gasteiger charge is -2.09. The summed E-state index contributed by atoms with van der Waals surface area (Å²) in [5.41, 5.74) is 2.67. The fraction of sp³-hybridized carbons (Fsp3) is 0.111. The molecule has 0 bridgehead atoms. The highest BCUT2D eigenvalue weighted by Gasteiger charge is 2.08. The van der Waals surface area contributed by atoms with E-state index in [9.17, 15) is 13.2 Å². The lowest BCUT2D eigenvalue weighted by molar-refractivity contribution is 0.0951. The van der Waals surface area contributed by atoms with E-state index in [-0.39, 0.29) is 5.91 Å². The first-order valence-electron chi connectivity index (χ1n) is 7.84. The van der Waals surface area contributed by atoms with Gasteiger partial charge in [-0.2, -0.15) is 0 Å². The van der Waals surface area contributed by atoms with E-state index in [1.807, 2.05) is 35.0 Å². The second kappa shape index (κ2) is 7.40. The van der Waals surface area contributed by atoms with Crippen LogP contribution in [0.15, 0.2) is 67.3 Å². The van der Waals surface area contributed by atoms with Crippen molar-refractivity contribution in [3.63, 3.8) is 0 Å². The molecule has 0 unspecified atom stereocenters. The summed E-state index contributed by atoms with van der Waals surface area (Å²) < 4.78 is 26.8. The number of anilines is 1. The van der Waals surface area contributed by atoms with Gasteiger partial charge in [-0.1, -0.05) is 18.2 Å². The molecule has 2 aromatic carbocycles. The first-order chi connectivity index (χ1) is 12.4. The van der Waals surface area contributed by atoms with Crippen LogP contribution in [-0.2, 0) is 16.6 Å². The third-order valence-electron chi connectivity index (χ3n) is 3.62. The van der Waals surface area contributed by atoms with Gasteiger partial charge in [0, 0.05) is 35.9 Å². The number of sulfonamides is 1. The van der Waals surface area contributed by atoms with Crippen molar-refractivity contribution < 1.29 is 13.2 Å². The lowest BCUT2D eigenvalue weighted by Crippen LogP contribution is -2.23. The molecule has 1 amide bonds. The van der Waals surface area contributed by atoms with Gasteiger partial charge in [0.1, 0.15) is 0 Å². The quantitative estimate of drug-likeness (QED) is 0.695. The Kier molecular flexibility index (Phi) is 5.04. The van der Waals surface area contributed by atoms with E-state index in [1.54, 1.807) is 30.7 Å². The summed E-state index contributed by atoms with van der Waals surface area (Å²) in [5.74, 6) is -0.277. The molecule has 8 heteroatoms. The van der Waals surface area contributed by atoms with Crippen LogP contribution in [0.2, 0.25) is 0 Å². The van der Waals surface area contributed by atoms with Crippen molar-refractivity contribution in [2.75, 3.05) is 11.0 Å². The van der Waals surface area contributed by atoms with Crippen molar-refractivity contribution in [2.45, 2.75) is 6.54 Å². The molecule has 7 nitrogen and oxygen atoms in total. The minimum atomic E-state index is -3.39. The van der Waals surface area contributed by atoms with E-state index < -0.39 is 10.0 Å². The Morgan fingerprint density at radius 2 is 1.92 bits per heavy atom. The third-order valence-corrected chi connectivity index (χ3v) is 4.23. The Morgan fingerprint density at radius 1 is 1.15 bits per heavy atom. The van der Waals surface area contributed by atoms with E-state index in [1.165, 1.54) is 6.07 Å². The fourth-order valence-corrected chi connectivity index (χ4v) is 2.98. The predicted molar refractivity (Wildman–Crippen MR) is 99.6 cm³/mol. The molecular formula is C18H18N4O3S. The Labute approximate surface area is 151 Å². The molecule has 3 rings (SSSR count). The number of nitrogens with one attached hydrogen (secondary N) is 2. The first kappa shape index (κ1) is 17.7. The average molecular weight is 370 g/mol. The second-order valence-corrected chi connectivity index (χ2v) is 7.52.